The number of hydrogen-bond donors (Lipinski definition) is 3. The largest absolute Gasteiger partial charge is 0.378 e. The van der Waals surface area contributed by atoms with Crippen molar-refractivity contribution in [1.82, 2.24) is 15.6 Å². The van der Waals surface area contributed by atoms with Crippen molar-refractivity contribution in [2.24, 2.45) is 0 Å². The fourth-order valence-corrected chi connectivity index (χ4v) is 3.51. The van der Waals surface area contributed by atoms with Gasteiger partial charge in [-0.05, 0) is 43.2 Å². The quantitative estimate of drug-likeness (QED) is 0.562. The molecule has 5 heteroatoms. The summed E-state index contributed by atoms with van der Waals surface area (Å²) < 4.78 is 0. The fraction of sp³-hybridized carbons (Fsp3) is 0.348. The van der Waals surface area contributed by atoms with Gasteiger partial charge < -0.3 is 20.5 Å². The number of hydrogen-bond acceptors (Lipinski definition) is 3. The molecular formula is C23H30N4O. The third-order valence-electron chi connectivity index (χ3n) is 5.18. The molecule has 1 aromatic heterocycles. The average Bonchev–Trinajstić information content (AvgIpc) is 3.12. The molecule has 0 saturated carbocycles. The number of nitrogens with one attached hydrogen (secondary N) is 3. The molecule has 0 fully saturated rings. The van der Waals surface area contributed by atoms with E-state index in [2.05, 4.69) is 69.2 Å². The Labute approximate surface area is 167 Å². The van der Waals surface area contributed by atoms with Crippen molar-refractivity contribution >= 4 is 22.5 Å². The van der Waals surface area contributed by atoms with Crippen LogP contribution in [0.1, 0.15) is 30.9 Å². The molecule has 3 rings (SSSR count). The first-order chi connectivity index (χ1) is 13.5. The first-order valence-corrected chi connectivity index (χ1v) is 9.85. The van der Waals surface area contributed by atoms with Crippen LogP contribution in [-0.2, 0) is 4.79 Å². The number of H-pyrrole nitrogens is 1. The van der Waals surface area contributed by atoms with E-state index in [1.165, 1.54) is 22.2 Å². The van der Waals surface area contributed by atoms with Crippen LogP contribution in [0, 0.1) is 0 Å². The predicted octanol–water partition coefficient (Wildman–Crippen LogP) is 3.48. The number of fused-ring (bicyclic) bond motifs is 1. The minimum Gasteiger partial charge on any atom is -0.378 e. The summed E-state index contributed by atoms with van der Waals surface area (Å²) in [6.07, 6.45) is 2.09. The number of benzene rings is 2. The Bertz CT molecular complexity index is 914. The van der Waals surface area contributed by atoms with Crippen LogP contribution >= 0.6 is 0 Å². The standard InChI is InChI=1S/C23H30N4O/c1-5-24-23(28)16(2)25-14-20(17-10-12-18(13-11-17)27(3)4)21-15-26-22-9-7-6-8-19(21)22/h6-13,15-16,20,25-26H,5,14H2,1-4H3,(H,24,28)/t16-,20-/m1/s1. The SMILES string of the molecule is CCNC(=O)[C@@H](C)NC[C@H](c1ccc(N(C)C)cc1)c1c[nH]c2ccccc12. The lowest BCUT2D eigenvalue weighted by molar-refractivity contribution is -0.122. The van der Waals surface area contributed by atoms with Crippen LogP contribution in [0.25, 0.3) is 10.9 Å². The summed E-state index contributed by atoms with van der Waals surface area (Å²) in [5, 5.41) is 7.52. The summed E-state index contributed by atoms with van der Waals surface area (Å²) in [5.74, 6) is 0.173. The highest BCUT2D eigenvalue weighted by Crippen LogP contribution is 2.31. The highest BCUT2D eigenvalue weighted by molar-refractivity contribution is 5.84. The summed E-state index contributed by atoms with van der Waals surface area (Å²) in [4.78, 5) is 17.6. The molecule has 28 heavy (non-hydrogen) atoms. The molecule has 1 heterocycles. The number of anilines is 1. The maximum absolute atomic E-state index is 12.1. The third-order valence-corrected chi connectivity index (χ3v) is 5.18. The smallest absolute Gasteiger partial charge is 0.236 e. The molecule has 0 unspecified atom stereocenters. The van der Waals surface area contributed by atoms with Crippen LogP contribution in [0.3, 0.4) is 0 Å². The van der Waals surface area contributed by atoms with Gasteiger partial charge in [-0.3, -0.25) is 4.79 Å². The number of amides is 1. The van der Waals surface area contributed by atoms with E-state index in [0.29, 0.717) is 13.1 Å². The molecular weight excluding hydrogens is 348 g/mol. The van der Waals surface area contributed by atoms with Crippen LogP contribution < -0.4 is 15.5 Å². The lowest BCUT2D eigenvalue weighted by Crippen LogP contribution is -2.43. The predicted molar refractivity (Wildman–Crippen MR) is 117 cm³/mol. The minimum absolute atomic E-state index is 0.0307. The summed E-state index contributed by atoms with van der Waals surface area (Å²) in [5.41, 5.74) is 4.77. The van der Waals surface area contributed by atoms with E-state index in [4.69, 9.17) is 0 Å². The van der Waals surface area contributed by atoms with Crippen molar-refractivity contribution in [3.63, 3.8) is 0 Å². The van der Waals surface area contributed by atoms with Gasteiger partial charge in [-0.15, -0.1) is 0 Å². The van der Waals surface area contributed by atoms with Crippen LogP contribution in [0.15, 0.2) is 54.7 Å². The van der Waals surface area contributed by atoms with Crippen LogP contribution in [0.4, 0.5) is 5.69 Å². The van der Waals surface area contributed by atoms with Crippen molar-refractivity contribution in [1.29, 1.82) is 0 Å². The van der Waals surface area contributed by atoms with E-state index < -0.39 is 0 Å². The van der Waals surface area contributed by atoms with Crippen molar-refractivity contribution in [2.45, 2.75) is 25.8 Å². The van der Waals surface area contributed by atoms with Gasteiger partial charge in [0.1, 0.15) is 0 Å². The van der Waals surface area contributed by atoms with Gasteiger partial charge in [0, 0.05) is 55.9 Å². The number of rotatable bonds is 8. The number of nitrogens with zero attached hydrogens (tertiary/aromatic N) is 1. The summed E-state index contributed by atoms with van der Waals surface area (Å²) in [6.45, 7) is 5.17. The Morgan fingerprint density at radius 2 is 1.82 bits per heavy atom. The lowest BCUT2D eigenvalue weighted by atomic mass is 9.90. The van der Waals surface area contributed by atoms with E-state index in [-0.39, 0.29) is 17.9 Å². The summed E-state index contributed by atoms with van der Waals surface area (Å²) in [7, 11) is 4.09. The van der Waals surface area contributed by atoms with Gasteiger partial charge in [-0.1, -0.05) is 30.3 Å². The third kappa shape index (κ3) is 4.37. The van der Waals surface area contributed by atoms with Gasteiger partial charge in [-0.2, -0.15) is 0 Å². The van der Waals surface area contributed by atoms with E-state index >= 15 is 0 Å². The van der Waals surface area contributed by atoms with E-state index in [0.717, 1.165) is 5.52 Å². The zero-order valence-electron chi connectivity index (χ0n) is 17.1. The molecule has 1 amide bonds. The average molecular weight is 379 g/mol. The van der Waals surface area contributed by atoms with Gasteiger partial charge in [0.15, 0.2) is 0 Å². The monoisotopic (exact) mass is 378 g/mol. The van der Waals surface area contributed by atoms with Gasteiger partial charge in [0.25, 0.3) is 0 Å². The molecule has 3 N–H and O–H groups in total. The maximum Gasteiger partial charge on any atom is 0.236 e. The second-order valence-corrected chi connectivity index (χ2v) is 7.35. The first kappa shape index (κ1) is 20.0. The van der Waals surface area contributed by atoms with Gasteiger partial charge >= 0.3 is 0 Å². The molecule has 148 valence electrons. The Kier molecular flexibility index (Phi) is 6.37. The summed E-state index contributed by atoms with van der Waals surface area (Å²) >= 11 is 0. The molecule has 3 aromatic rings. The lowest BCUT2D eigenvalue weighted by Gasteiger charge is -2.22. The van der Waals surface area contributed by atoms with Gasteiger partial charge in [0.05, 0.1) is 6.04 Å². The molecule has 0 aliphatic rings. The zero-order valence-corrected chi connectivity index (χ0v) is 17.1. The Balaban J connectivity index is 1.91. The minimum atomic E-state index is -0.242. The molecule has 0 bridgehead atoms. The second kappa shape index (κ2) is 8.93. The number of para-hydroxylation sites is 1. The van der Waals surface area contributed by atoms with Crippen molar-refractivity contribution in [3.05, 3.63) is 65.9 Å². The Morgan fingerprint density at radius 1 is 1.11 bits per heavy atom. The Morgan fingerprint density at radius 3 is 2.50 bits per heavy atom. The highest BCUT2D eigenvalue weighted by atomic mass is 16.2. The Hall–Kier alpha value is -2.79. The summed E-state index contributed by atoms with van der Waals surface area (Å²) in [6, 6.07) is 16.8. The van der Waals surface area contributed by atoms with Gasteiger partial charge in [0.2, 0.25) is 5.91 Å². The number of aromatic nitrogens is 1. The molecule has 0 radical (unpaired) electrons. The molecule has 0 aliphatic carbocycles. The number of carbonyl (C=O) groups excluding carboxylic acids is 1. The maximum atomic E-state index is 12.1. The second-order valence-electron chi connectivity index (χ2n) is 7.35. The number of aromatic amines is 1. The topological polar surface area (TPSA) is 60.2 Å². The van der Waals surface area contributed by atoms with Crippen molar-refractivity contribution < 1.29 is 4.79 Å². The first-order valence-electron chi connectivity index (χ1n) is 9.85. The van der Waals surface area contributed by atoms with E-state index in [1.54, 1.807) is 0 Å². The van der Waals surface area contributed by atoms with Crippen LogP contribution in [-0.4, -0.2) is 44.1 Å². The molecule has 0 saturated heterocycles. The van der Waals surface area contributed by atoms with Crippen LogP contribution in [0.5, 0.6) is 0 Å². The van der Waals surface area contributed by atoms with Crippen molar-refractivity contribution in [3.8, 4) is 0 Å². The van der Waals surface area contributed by atoms with Crippen molar-refractivity contribution in [2.75, 3.05) is 32.1 Å². The normalized spacial score (nSPS) is 13.3. The molecule has 0 aliphatic heterocycles. The van der Waals surface area contributed by atoms with Crippen LogP contribution in [0.2, 0.25) is 0 Å². The molecule has 0 spiro atoms. The zero-order chi connectivity index (χ0) is 20.1. The highest BCUT2D eigenvalue weighted by Gasteiger charge is 2.20. The van der Waals surface area contributed by atoms with E-state index in [9.17, 15) is 4.79 Å². The number of carbonyl (C=O) groups is 1. The number of likely N-dealkylation sites (N-methyl/N-ethyl adjacent to an activating group) is 1. The fourth-order valence-electron chi connectivity index (χ4n) is 3.51. The molecule has 2 aromatic carbocycles. The molecule has 5 nitrogen and oxygen atoms in total. The van der Waals surface area contributed by atoms with E-state index in [1.807, 2.05) is 34.0 Å². The molecule has 2 atom stereocenters. The van der Waals surface area contributed by atoms with Gasteiger partial charge in [-0.25, -0.2) is 0 Å².